The van der Waals surface area contributed by atoms with E-state index in [9.17, 15) is 10.2 Å². The van der Waals surface area contributed by atoms with Gasteiger partial charge in [0.1, 0.15) is 0 Å². The third kappa shape index (κ3) is 22.4. The molecule has 0 atom stereocenters. The van der Waals surface area contributed by atoms with E-state index in [1.165, 1.54) is 115 Å². The zero-order valence-corrected chi connectivity index (χ0v) is 41.1. The first-order chi connectivity index (χ1) is 27.0. The van der Waals surface area contributed by atoms with Crippen LogP contribution in [0.25, 0.3) is 0 Å². The molecule has 2 aliphatic carbocycles. The Morgan fingerprint density at radius 3 is 1.11 bits per heavy atom. The van der Waals surface area contributed by atoms with Gasteiger partial charge in [0.05, 0.1) is 73.5 Å². The fourth-order valence-corrected chi connectivity index (χ4v) is 15.0. The molecule has 0 spiro atoms. The van der Waals surface area contributed by atoms with Crippen LogP contribution in [0.1, 0.15) is 118 Å². The van der Waals surface area contributed by atoms with Crippen LogP contribution in [0.2, 0.25) is 0 Å². The molecule has 0 N–H and O–H groups in total. The molecule has 0 saturated heterocycles. The van der Waals surface area contributed by atoms with Gasteiger partial charge in [0, 0.05) is 129 Å². The van der Waals surface area contributed by atoms with Crippen LogP contribution in [0.3, 0.4) is 0 Å². The van der Waals surface area contributed by atoms with Crippen molar-refractivity contribution in [1.82, 2.24) is 0 Å². The molecule has 10 nitrogen and oxygen atoms in total. The van der Waals surface area contributed by atoms with Gasteiger partial charge in [0.25, 0.3) is 0 Å². The molecular formula is C44H82N2O8P2Tc. The summed E-state index contributed by atoms with van der Waals surface area (Å²) < 4.78 is 31.5. The molecule has 2 saturated carbocycles. The van der Waals surface area contributed by atoms with Crippen molar-refractivity contribution in [2.24, 2.45) is 9.98 Å². The van der Waals surface area contributed by atoms with Crippen LogP contribution < -0.4 is 10.2 Å². The Kier molecular flexibility index (Phi) is 31.1. The van der Waals surface area contributed by atoms with Crippen LogP contribution in [0.4, 0.5) is 0 Å². The normalized spacial score (nSPS) is 20.0. The maximum atomic E-state index is 11.9. The Labute approximate surface area is 364 Å². The minimum Gasteiger partial charge on any atom is -0.873 e. The van der Waals surface area contributed by atoms with Crippen molar-refractivity contribution in [2.45, 2.75) is 140 Å². The van der Waals surface area contributed by atoms with Crippen molar-refractivity contribution in [1.29, 1.82) is 0 Å². The maximum Gasteiger partial charge on any atom is 0.0745 e. The Morgan fingerprint density at radius 2 is 0.860 bits per heavy atom. The van der Waals surface area contributed by atoms with Crippen LogP contribution in [-0.4, -0.2) is 141 Å². The molecular weight excluding hydrogens is 845 g/mol. The number of methoxy groups -OCH3 is 4. The summed E-state index contributed by atoms with van der Waals surface area (Å²) in [6.45, 7) is 12.3. The van der Waals surface area contributed by atoms with Crippen molar-refractivity contribution in [2.75, 3.05) is 106 Å². The standard InChI is InChI=1S/C16H24N2O4.2C14H29O2P.Tc/c1-15(2)13(19)11(9-21-15)7-17-5-6-18-8-12-10-22-16(3,4)14(12)20;2*1-15-10-6-12-17(13-7-11-16-2)14-8-4-3-5-9-14;/h7-8,19-20H,5-6,9-10H2,1-4H3;2*14H,3-13H2,1-2H3;/i;;;1+1. The van der Waals surface area contributed by atoms with E-state index in [4.69, 9.17) is 28.4 Å². The summed E-state index contributed by atoms with van der Waals surface area (Å²) in [5.74, 6) is -0.0440. The van der Waals surface area contributed by atoms with Crippen molar-refractivity contribution in [3.63, 3.8) is 0 Å². The molecule has 0 aromatic heterocycles. The van der Waals surface area contributed by atoms with Crippen molar-refractivity contribution < 1.29 is 58.7 Å². The van der Waals surface area contributed by atoms with Gasteiger partial charge in [0.2, 0.25) is 0 Å². The quantitative estimate of drug-likeness (QED) is 0.0600. The molecule has 0 amide bonds. The summed E-state index contributed by atoms with van der Waals surface area (Å²) in [6, 6.07) is 0. The summed E-state index contributed by atoms with van der Waals surface area (Å²) in [5, 5.41) is 23.8. The molecule has 0 unspecified atom stereocenters. The fourth-order valence-electron chi connectivity index (χ4n) is 8.07. The van der Waals surface area contributed by atoms with Crippen molar-refractivity contribution in [3.8, 4) is 0 Å². The van der Waals surface area contributed by atoms with Gasteiger partial charge in [-0.3, -0.25) is 9.98 Å². The van der Waals surface area contributed by atoms with Gasteiger partial charge in [-0.15, -0.1) is 0 Å². The fraction of sp³-hybridized carbons (Fsp3) is 0.864. The average Bonchev–Trinajstić information content (AvgIpc) is 3.62. The third-order valence-electron chi connectivity index (χ3n) is 11.5. The van der Waals surface area contributed by atoms with E-state index in [2.05, 4.69) is 9.98 Å². The first-order valence-corrected chi connectivity index (χ1v) is 25.7. The molecule has 1 radical (unpaired) electrons. The van der Waals surface area contributed by atoms with E-state index in [-0.39, 0.29) is 47.5 Å². The van der Waals surface area contributed by atoms with Gasteiger partial charge in [-0.1, -0.05) is 24.4 Å². The first kappa shape index (κ1) is 54.7. The van der Waals surface area contributed by atoms with E-state index in [1.807, 2.05) is 28.4 Å². The molecule has 4 rings (SSSR count). The Balaban J connectivity index is 0.000000430. The zero-order valence-electron chi connectivity index (χ0n) is 37.2. The van der Waals surface area contributed by atoms with Crippen molar-refractivity contribution in [3.05, 3.63) is 22.7 Å². The zero-order chi connectivity index (χ0) is 41.1. The Hall–Kier alpha value is -0.311. The van der Waals surface area contributed by atoms with Crippen LogP contribution in [0, 0.1) is 0 Å². The predicted octanol–water partition coefficient (Wildman–Crippen LogP) is 7.18. The van der Waals surface area contributed by atoms with Crippen LogP contribution in [0.15, 0.2) is 32.6 Å². The molecule has 4 aliphatic rings. The topological polar surface area (TPSA) is 126 Å². The van der Waals surface area contributed by atoms with E-state index < -0.39 is 11.2 Å². The van der Waals surface area contributed by atoms with E-state index >= 15 is 0 Å². The van der Waals surface area contributed by atoms with Crippen molar-refractivity contribution >= 4 is 28.3 Å². The Morgan fingerprint density at radius 1 is 0.561 bits per heavy atom. The van der Waals surface area contributed by atoms with Crippen LogP contribution >= 0.6 is 15.8 Å². The smallest absolute Gasteiger partial charge is 0.0745 e. The Bertz CT molecular complexity index is 1050. The van der Waals surface area contributed by atoms with E-state index in [0.717, 1.165) is 37.7 Å². The number of hydrogen-bond acceptors (Lipinski definition) is 10. The average molecular weight is 928 g/mol. The second-order valence-electron chi connectivity index (χ2n) is 16.7. The SMILES string of the molecule is CC1(C)OCC(C=NCCN=CC2=C([O-])C(C)(C)OC2)=C1[O-].COCCC[PH+](CCCOC)C1CCCCC1.COCCC[PH+](CCCOC)C1CCCCC1.[99Tc]. The number of rotatable bonds is 23. The second-order valence-corrected chi connectivity index (χ2v) is 23.0. The predicted molar refractivity (Wildman–Crippen MR) is 237 cm³/mol. The van der Waals surface area contributed by atoms with Gasteiger partial charge < -0.3 is 38.6 Å². The van der Waals surface area contributed by atoms with Gasteiger partial charge in [-0.25, -0.2) is 0 Å². The van der Waals surface area contributed by atoms with E-state index in [1.54, 1.807) is 40.1 Å². The van der Waals surface area contributed by atoms with Gasteiger partial charge in [-0.05, 0) is 90.2 Å². The molecule has 57 heavy (non-hydrogen) atoms. The number of ether oxygens (including phenoxy) is 6. The summed E-state index contributed by atoms with van der Waals surface area (Å²) in [7, 11) is 6.97. The number of aliphatic imine (C=N–C) groups is 2. The number of nitrogens with zero attached hydrogens (tertiary/aromatic N) is 2. The summed E-state index contributed by atoms with van der Waals surface area (Å²) in [5.41, 5.74) is 1.86. The monoisotopic (exact) mass is 927 g/mol. The van der Waals surface area contributed by atoms with Gasteiger partial charge in [0.15, 0.2) is 0 Å². The molecule has 13 heteroatoms. The summed E-state index contributed by atoms with van der Waals surface area (Å²) in [6.07, 6.45) is 28.9. The molecule has 0 aromatic rings. The van der Waals surface area contributed by atoms with Crippen LogP contribution in [0.5, 0.6) is 0 Å². The first-order valence-electron chi connectivity index (χ1n) is 21.7. The third-order valence-corrected chi connectivity index (χ3v) is 18.9. The molecule has 2 aliphatic heterocycles. The minimum absolute atomic E-state index is 0. The molecule has 2 fully saturated rings. The largest absolute Gasteiger partial charge is 0.873 e. The van der Waals surface area contributed by atoms with Crippen LogP contribution in [-0.2, 0) is 48.5 Å². The summed E-state index contributed by atoms with van der Waals surface area (Å²) in [4.78, 5) is 8.36. The van der Waals surface area contributed by atoms with Gasteiger partial charge >= 0.3 is 0 Å². The molecule has 333 valence electrons. The number of hydrogen-bond donors (Lipinski definition) is 0. The maximum absolute atomic E-state index is 11.9. The van der Waals surface area contributed by atoms with E-state index in [0.29, 0.717) is 37.4 Å². The molecule has 2 heterocycles. The minimum atomic E-state index is -0.744. The van der Waals surface area contributed by atoms with Gasteiger partial charge in [-0.2, -0.15) is 0 Å². The second kappa shape index (κ2) is 32.4. The molecule has 0 aromatic carbocycles. The molecule has 0 bridgehead atoms. The summed E-state index contributed by atoms with van der Waals surface area (Å²) >= 11 is 0.